The maximum atomic E-state index is 6.65. The molecule has 0 N–H and O–H groups in total. The molecule has 3 heterocycles. The summed E-state index contributed by atoms with van der Waals surface area (Å²) in [6, 6.07) is 0. The van der Waals surface area contributed by atoms with Gasteiger partial charge in [0.15, 0.2) is 5.79 Å². The Morgan fingerprint density at radius 3 is 2.69 bits per heavy atom. The van der Waals surface area contributed by atoms with E-state index >= 15 is 0 Å². The van der Waals surface area contributed by atoms with Gasteiger partial charge in [0.2, 0.25) is 0 Å². The maximum Gasteiger partial charge on any atom is 0.171 e. The molecule has 4 nitrogen and oxygen atoms in total. The summed E-state index contributed by atoms with van der Waals surface area (Å²) in [5, 5.41) is 0. The van der Waals surface area contributed by atoms with Crippen LogP contribution in [0.1, 0.15) is 58.3 Å². The second kappa shape index (κ2) is 4.17. The first-order valence-corrected chi connectivity index (χ1v) is 10.6. The molecular weight excluding hydrogens is 328 g/mol. The SMILES string of the molecule is C=C(C)[C@]12CC[C@H]3[C@@H]4CC[C@@]56CC7(CC[C@@]5(O6)C4=CC[C@@]31O2)OCCO7. The van der Waals surface area contributed by atoms with Gasteiger partial charge in [-0.15, -0.1) is 0 Å². The van der Waals surface area contributed by atoms with Crippen LogP contribution >= 0.6 is 0 Å². The second-order valence-corrected chi connectivity index (χ2v) is 9.96. The van der Waals surface area contributed by atoms with Gasteiger partial charge in [0.25, 0.3) is 0 Å². The first-order valence-electron chi connectivity index (χ1n) is 10.6. The van der Waals surface area contributed by atoms with Crippen molar-refractivity contribution in [3.8, 4) is 0 Å². The van der Waals surface area contributed by atoms with Crippen LogP contribution in [-0.4, -0.2) is 41.4 Å². The van der Waals surface area contributed by atoms with Gasteiger partial charge < -0.3 is 18.9 Å². The fourth-order valence-corrected chi connectivity index (χ4v) is 8.11. The average Bonchev–Trinajstić information content (AvgIpc) is 3.36. The lowest BCUT2D eigenvalue weighted by Gasteiger charge is -2.46. The Morgan fingerprint density at radius 2 is 1.92 bits per heavy atom. The van der Waals surface area contributed by atoms with E-state index in [0.717, 1.165) is 51.7 Å². The van der Waals surface area contributed by atoms with Crippen molar-refractivity contribution in [3.05, 3.63) is 23.8 Å². The monoisotopic (exact) mass is 356 g/mol. The zero-order chi connectivity index (χ0) is 17.4. The third kappa shape index (κ3) is 1.39. The minimum atomic E-state index is -0.356. The van der Waals surface area contributed by atoms with Gasteiger partial charge in [-0.05, 0) is 68.4 Å². The van der Waals surface area contributed by atoms with Crippen molar-refractivity contribution in [2.75, 3.05) is 13.2 Å². The molecule has 0 amide bonds. The predicted octanol–water partition coefficient (Wildman–Crippen LogP) is 3.66. The van der Waals surface area contributed by atoms with Gasteiger partial charge >= 0.3 is 0 Å². The van der Waals surface area contributed by atoms with E-state index in [-0.39, 0.29) is 28.2 Å². The normalized spacial score (nSPS) is 57.3. The molecule has 0 aromatic heterocycles. The molecule has 26 heavy (non-hydrogen) atoms. The molecule has 140 valence electrons. The molecule has 4 aliphatic carbocycles. The predicted molar refractivity (Wildman–Crippen MR) is 94.5 cm³/mol. The van der Waals surface area contributed by atoms with Crippen LogP contribution in [0.3, 0.4) is 0 Å². The molecule has 3 saturated heterocycles. The number of hydrogen-bond acceptors (Lipinski definition) is 4. The highest BCUT2D eigenvalue weighted by Gasteiger charge is 2.83. The topological polar surface area (TPSA) is 43.5 Å². The first kappa shape index (κ1) is 15.3. The van der Waals surface area contributed by atoms with Crippen LogP contribution in [0.25, 0.3) is 0 Å². The van der Waals surface area contributed by atoms with Gasteiger partial charge in [-0.25, -0.2) is 0 Å². The summed E-state index contributed by atoms with van der Waals surface area (Å²) >= 11 is 0. The van der Waals surface area contributed by atoms with Gasteiger partial charge in [0, 0.05) is 12.8 Å². The van der Waals surface area contributed by atoms with Crippen LogP contribution in [0, 0.1) is 11.8 Å². The van der Waals surface area contributed by atoms with E-state index in [1.165, 1.54) is 18.4 Å². The van der Waals surface area contributed by atoms with Crippen LogP contribution in [0.2, 0.25) is 0 Å². The lowest BCUT2D eigenvalue weighted by molar-refractivity contribution is -0.185. The Morgan fingerprint density at radius 1 is 1.08 bits per heavy atom. The van der Waals surface area contributed by atoms with E-state index in [9.17, 15) is 0 Å². The van der Waals surface area contributed by atoms with Gasteiger partial charge in [-0.2, -0.15) is 0 Å². The third-order valence-corrected chi connectivity index (χ3v) is 9.22. The smallest absolute Gasteiger partial charge is 0.171 e. The molecule has 4 heteroatoms. The molecule has 2 spiro atoms. The number of hydrogen-bond donors (Lipinski definition) is 0. The highest BCUT2D eigenvalue weighted by molar-refractivity contribution is 5.48. The number of rotatable bonds is 1. The van der Waals surface area contributed by atoms with Crippen LogP contribution in [0.5, 0.6) is 0 Å². The third-order valence-electron chi connectivity index (χ3n) is 9.22. The van der Waals surface area contributed by atoms with Crippen LogP contribution in [0.15, 0.2) is 23.8 Å². The van der Waals surface area contributed by atoms with Crippen molar-refractivity contribution in [1.29, 1.82) is 0 Å². The van der Waals surface area contributed by atoms with Gasteiger partial charge in [0.05, 0.1) is 13.2 Å². The van der Waals surface area contributed by atoms with E-state index in [0.29, 0.717) is 11.8 Å². The molecule has 3 aliphatic heterocycles. The Balaban J connectivity index is 1.25. The number of epoxide rings is 2. The molecule has 7 rings (SSSR count). The summed E-state index contributed by atoms with van der Waals surface area (Å²) in [6.45, 7) is 7.90. The first-order chi connectivity index (χ1) is 12.5. The quantitative estimate of drug-likeness (QED) is 0.531. The highest BCUT2D eigenvalue weighted by atomic mass is 16.7. The van der Waals surface area contributed by atoms with Crippen LogP contribution < -0.4 is 0 Å². The minimum Gasteiger partial charge on any atom is -0.358 e. The standard InChI is InChI=1S/C22H28O4/c1-14(2)20-7-4-17-15-3-6-18-13-19(23-11-12-24-19)9-10-21(18,25-18)16(15)5-8-22(17,20)26-20/h5,15,17H,1,3-4,6-13H2,2H3/t15-,17+,18-,20-,21-,22-/m1/s1. The van der Waals surface area contributed by atoms with Crippen LogP contribution in [-0.2, 0) is 18.9 Å². The van der Waals surface area contributed by atoms with Crippen molar-refractivity contribution in [3.63, 3.8) is 0 Å². The minimum absolute atomic E-state index is 0.0125. The molecule has 0 aromatic carbocycles. The Hall–Kier alpha value is -0.680. The van der Waals surface area contributed by atoms with Gasteiger partial charge in [0.1, 0.15) is 22.4 Å². The van der Waals surface area contributed by atoms with Crippen molar-refractivity contribution in [2.45, 2.75) is 86.5 Å². The molecule has 0 radical (unpaired) electrons. The van der Waals surface area contributed by atoms with Crippen molar-refractivity contribution in [2.24, 2.45) is 11.8 Å². The molecule has 0 aromatic rings. The highest BCUT2D eigenvalue weighted by Crippen LogP contribution is 2.77. The molecule has 0 bridgehead atoms. The molecule has 0 unspecified atom stereocenters. The molecule has 6 atom stereocenters. The molecular formula is C22H28O4. The largest absolute Gasteiger partial charge is 0.358 e. The summed E-state index contributed by atoms with van der Waals surface area (Å²) in [5.74, 6) is 0.943. The van der Waals surface area contributed by atoms with Gasteiger partial charge in [-0.1, -0.05) is 12.7 Å². The fourth-order valence-electron chi connectivity index (χ4n) is 8.11. The summed E-state index contributed by atoms with van der Waals surface area (Å²) in [7, 11) is 0. The maximum absolute atomic E-state index is 6.65. The molecule has 7 aliphatic rings. The Labute approximate surface area is 154 Å². The van der Waals surface area contributed by atoms with E-state index in [4.69, 9.17) is 18.9 Å². The molecule has 6 fully saturated rings. The van der Waals surface area contributed by atoms with E-state index in [1.54, 1.807) is 5.57 Å². The van der Waals surface area contributed by atoms with E-state index in [2.05, 4.69) is 19.6 Å². The lowest BCUT2D eigenvalue weighted by Crippen LogP contribution is -2.51. The fraction of sp³-hybridized carbons (Fsp3) is 0.818. The number of ether oxygens (including phenoxy) is 4. The van der Waals surface area contributed by atoms with Crippen molar-refractivity contribution < 1.29 is 18.9 Å². The second-order valence-electron chi connectivity index (χ2n) is 9.96. The number of fused-ring (bicyclic) bond motifs is 2. The van der Waals surface area contributed by atoms with E-state index < -0.39 is 0 Å². The lowest BCUT2D eigenvalue weighted by atomic mass is 9.57. The van der Waals surface area contributed by atoms with E-state index in [1.807, 2.05) is 0 Å². The van der Waals surface area contributed by atoms with Gasteiger partial charge in [-0.3, -0.25) is 0 Å². The summed E-state index contributed by atoms with van der Waals surface area (Å²) < 4.78 is 25.2. The summed E-state index contributed by atoms with van der Waals surface area (Å²) in [6.07, 6.45) is 11.3. The summed E-state index contributed by atoms with van der Waals surface area (Å²) in [4.78, 5) is 0. The van der Waals surface area contributed by atoms with Crippen LogP contribution in [0.4, 0.5) is 0 Å². The summed E-state index contributed by atoms with van der Waals surface area (Å²) in [5.41, 5.74) is 2.86. The van der Waals surface area contributed by atoms with Crippen molar-refractivity contribution >= 4 is 0 Å². The molecule has 3 saturated carbocycles. The zero-order valence-electron chi connectivity index (χ0n) is 15.6. The average molecular weight is 356 g/mol. The van der Waals surface area contributed by atoms with Crippen molar-refractivity contribution in [1.82, 2.24) is 0 Å². The Kier molecular flexibility index (Phi) is 2.45. The zero-order valence-corrected chi connectivity index (χ0v) is 15.6. The Bertz CT molecular complexity index is 766.